The van der Waals surface area contributed by atoms with Crippen molar-refractivity contribution in [3.05, 3.63) is 12.2 Å². The van der Waals surface area contributed by atoms with Crippen LogP contribution in [0.5, 0.6) is 0 Å². The van der Waals surface area contributed by atoms with Crippen LogP contribution >= 0.6 is 11.8 Å². The molecule has 100 heavy (non-hydrogen) atoms. The van der Waals surface area contributed by atoms with E-state index in [2.05, 4.69) is 26.2 Å². The van der Waals surface area contributed by atoms with Gasteiger partial charge >= 0.3 is 0 Å². The molecular weight excluding hydrogens is 1300 g/mol. The smallest absolute Gasteiger partial charge is 0.256 e. The average molecular weight is 1440 g/mol. The number of rotatable bonds is 24. The summed E-state index contributed by atoms with van der Waals surface area (Å²) in [5.74, 6) is -9.79. The highest BCUT2D eigenvalue weighted by Gasteiger charge is 2.47. The zero-order chi connectivity index (χ0) is 76.5. The monoisotopic (exact) mass is 1430 g/mol. The maximum atomic E-state index is 15.7. The predicted octanol–water partition coefficient (Wildman–Crippen LogP) is 4.18. The lowest BCUT2D eigenvalue weighted by Gasteiger charge is -2.41. The number of amides is 11. The molecule has 5 N–H and O–H groups in total. The summed E-state index contributed by atoms with van der Waals surface area (Å²) in [5, 5.41) is 22.3. The molecule has 2 heterocycles. The zero-order valence-corrected chi connectivity index (χ0v) is 66.1. The molecule has 27 nitrogen and oxygen atoms in total. The number of carbonyl (C=O) groups is 11. The van der Waals surface area contributed by atoms with Gasteiger partial charge in [-0.15, -0.1) is 11.8 Å². The van der Waals surface area contributed by atoms with E-state index in [0.717, 1.165) is 16.7 Å². The van der Waals surface area contributed by atoms with Gasteiger partial charge in [-0.1, -0.05) is 95.2 Å². The fourth-order valence-corrected chi connectivity index (χ4v) is 13.7. The Hall–Kier alpha value is -5.94. The van der Waals surface area contributed by atoms with Gasteiger partial charge in [-0.2, -0.15) is 0 Å². The summed E-state index contributed by atoms with van der Waals surface area (Å²) in [7, 11) is 10.0. The lowest BCUT2D eigenvalue weighted by atomic mass is 9.91. The summed E-state index contributed by atoms with van der Waals surface area (Å²) < 4.78 is 17.3. The molecule has 0 bridgehead atoms. The largest absolute Gasteiger partial charge is 0.390 e. The third-order valence-corrected chi connectivity index (χ3v) is 20.3. The van der Waals surface area contributed by atoms with Gasteiger partial charge in [-0.05, 0) is 128 Å². The van der Waals surface area contributed by atoms with Gasteiger partial charge in [0.2, 0.25) is 59.1 Å². The molecule has 0 aromatic heterocycles. The first kappa shape index (κ1) is 90.1. The van der Waals surface area contributed by atoms with E-state index < -0.39 is 160 Å². The van der Waals surface area contributed by atoms with Gasteiger partial charge in [0, 0.05) is 75.5 Å². The maximum Gasteiger partial charge on any atom is 0.256 e. The van der Waals surface area contributed by atoms with E-state index in [0.29, 0.717) is 51.6 Å². The van der Waals surface area contributed by atoms with Crippen LogP contribution in [-0.4, -0.2) is 288 Å². The van der Waals surface area contributed by atoms with Crippen LogP contribution in [0.25, 0.3) is 0 Å². The summed E-state index contributed by atoms with van der Waals surface area (Å²) in [6.45, 7) is 34.8. The average Bonchev–Trinajstić information content (AvgIpc) is 0.806. The van der Waals surface area contributed by atoms with Gasteiger partial charge in [-0.25, -0.2) is 0 Å². The van der Waals surface area contributed by atoms with E-state index in [9.17, 15) is 19.5 Å². The number of nitrogens with one attached hydrogen (secondary N) is 4. The fraction of sp³-hybridized carbons (Fsp3) is 0.819. The molecule has 0 aliphatic carbocycles. The number of thioether (sulfide) groups is 1. The topological polar surface area (TPSA) is 310 Å². The number of ether oxygens (including phenoxy) is 3. The lowest BCUT2D eigenvalue weighted by molar-refractivity contribution is -0.157. The molecule has 574 valence electrons. The van der Waals surface area contributed by atoms with Crippen molar-refractivity contribution in [3.63, 3.8) is 0 Å². The molecule has 28 heteroatoms. The number of morpholine rings is 1. The highest BCUT2D eigenvalue weighted by atomic mass is 32.2. The van der Waals surface area contributed by atoms with Crippen molar-refractivity contribution in [2.45, 2.75) is 247 Å². The van der Waals surface area contributed by atoms with Gasteiger partial charge < -0.3 is 74.9 Å². The second kappa shape index (κ2) is 42.6. The van der Waals surface area contributed by atoms with Crippen LogP contribution in [-0.2, 0) is 67.0 Å². The van der Waals surface area contributed by atoms with Gasteiger partial charge in [0.15, 0.2) is 5.37 Å². The minimum absolute atomic E-state index is 0.0263. The Labute approximate surface area is 602 Å². The number of hydrogen-bond donors (Lipinski definition) is 5. The van der Waals surface area contributed by atoms with Crippen molar-refractivity contribution < 1.29 is 72.1 Å². The van der Waals surface area contributed by atoms with Crippen LogP contribution in [0, 0.1) is 35.5 Å². The maximum absolute atomic E-state index is 15.7. The van der Waals surface area contributed by atoms with E-state index in [1.807, 2.05) is 47.6 Å². The van der Waals surface area contributed by atoms with Crippen LogP contribution in [0.2, 0.25) is 0 Å². The highest BCUT2D eigenvalue weighted by molar-refractivity contribution is 8.00. The van der Waals surface area contributed by atoms with Crippen LogP contribution < -0.4 is 21.3 Å². The second-order valence-electron chi connectivity index (χ2n) is 29.9. The van der Waals surface area contributed by atoms with Crippen molar-refractivity contribution in [3.8, 4) is 0 Å². The van der Waals surface area contributed by atoms with Gasteiger partial charge in [-0.3, -0.25) is 57.6 Å². The highest BCUT2D eigenvalue weighted by Crippen LogP contribution is 2.29. The van der Waals surface area contributed by atoms with Crippen molar-refractivity contribution in [2.75, 3.05) is 101 Å². The number of allylic oxidation sites excluding steroid dienone is 2. The second-order valence-corrected chi connectivity index (χ2v) is 31.1. The Balaban J connectivity index is 3.18. The van der Waals surface area contributed by atoms with Gasteiger partial charge in [0.25, 0.3) is 5.91 Å². The molecule has 13 atom stereocenters. The summed E-state index contributed by atoms with van der Waals surface area (Å²) in [6, 6.07) is -13.0. The SMILES string of the molecule is CC=CC[C@@H](C)[C@@H](O)[C@H]1C(=O)N[C@@H](CC)C(=O)N(C)[C@H](SCCCN2CCOCC2)C(=O)N(C)[C@@H](CC(C)(C)OCOCC)C(=O)N[C@@H](C(C)C)C(=O)N(C)[C@@H](CC(C)C)C(=O)N[C@@H](C)C(=O)N[C@H](C)C(=O)N(C)[C@@H](CC(C)C)C(=O)N(C)[C@@H](CC(C)C)C(=O)N(C)[C@@H](C(C)C)C(=O)N1C. The summed E-state index contributed by atoms with van der Waals surface area (Å²) in [4.78, 5) is 177. The van der Waals surface area contributed by atoms with E-state index in [4.69, 9.17) is 14.2 Å². The van der Waals surface area contributed by atoms with E-state index in [1.54, 1.807) is 75.3 Å². The third-order valence-electron chi connectivity index (χ3n) is 18.9. The number of aliphatic hydroxyl groups is 1. The summed E-state index contributed by atoms with van der Waals surface area (Å²) in [6.07, 6.45) is 3.14. The number of aliphatic hydroxyl groups excluding tert-OH is 1. The Morgan fingerprint density at radius 3 is 1.56 bits per heavy atom. The third kappa shape index (κ3) is 26.4. The molecule has 11 amide bonds. The Morgan fingerprint density at radius 1 is 0.560 bits per heavy atom. The van der Waals surface area contributed by atoms with Crippen LogP contribution in [0.1, 0.15) is 170 Å². The van der Waals surface area contributed by atoms with Gasteiger partial charge in [0.05, 0.1) is 24.9 Å². The summed E-state index contributed by atoms with van der Waals surface area (Å²) in [5.41, 5.74) is -1.17. The lowest BCUT2D eigenvalue weighted by Crippen LogP contribution is -2.64. The minimum Gasteiger partial charge on any atom is -0.390 e. The molecular formula is C72H130N12O15S. The quantitative estimate of drug-likeness (QED) is 0.0514. The first-order valence-corrected chi connectivity index (χ1v) is 37.1. The molecule has 0 aromatic rings. The van der Waals surface area contributed by atoms with Crippen LogP contribution in [0.3, 0.4) is 0 Å². The molecule has 0 aromatic carbocycles. The fourth-order valence-electron chi connectivity index (χ4n) is 12.5. The van der Waals surface area contributed by atoms with Crippen molar-refractivity contribution in [1.82, 2.24) is 60.5 Å². The summed E-state index contributed by atoms with van der Waals surface area (Å²) >= 11 is 1.16. The Kier molecular flexibility index (Phi) is 38.4. The first-order valence-electron chi connectivity index (χ1n) is 36.1. The minimum atomic E-state index is -1.66. The van der Waals surface area contributed by atoms with E-state index in [1.165, 1.54) is 92.6 Å². The van der Waals surface area contributed by atoms with Crippen molar-refractivity contribution in [2.24, 2.45) is 35.5 Å². The Bertz CT molecular complexity index is 2710. The van der Waals surface area contributed by atoms with Crippen LogP contribution in [0.4, 0.5) is 0 Å². The van der Waals surface area contributed by atoms with E-state index >= 15 is 38.4 Å². The van der Waals surface area contributed by atoms with Crippen LogP contribution in [0.15, 0.2) is 12.2 Å². The van der Waals surface area contributed by atoms with Gasteiger partial charge in [0.1, 0.15) is 67.2 Å². The standard InChI is InChI=1S/C72H130N12O15S/c1-26-29-31-48(14)59(85)58-63(89)75-51(27-2)65(91)83(25)71(100-37-30-32-84-33-35-98-36-34-84)70(96)80(22)55(41-72(17,18)99-42-97-28-3)62(88)76-56(46(10)11)68(94)77(19)52(38-43(4)5)61(87)73-49(15)60(86)74-50(16)64(90)78(20)53(39-44(6)7)66(92)79(21)54(40-45(8)9)67(93)81(23)57(47(12)13)69(95)82(58)24/h26,29,43-59,71,85H,27-28,30-42H2,1-25H3,(H,73,87)(H,74,86)(H,75,89)(H,76,88)/t48-,49+,50-,51+,52+,53+,54+,55+,56+,57+,58+,59-,71-/m1/s1. The molecule has 2 saturated heterocycles. The Morgan fingerprint density at radius 2 is 1.05 bits per heavy atom. The first-order chi connectivity index (χ1) is 46.5. The van der Waals surface area contributed by atoms with Crippen molar-refractivity contribution >= 4 is 76.7 Å². The zero-order valence-electron chi connectivity index (χ0n) is 65.3. The predicted molar refractivity (Wildman–Crippen MR) is 389 cm³/mol. The molecule has 2 aliphatic rings. The molecule has 0 saturated carbocycles. The van der Waals surface area contributed by atoms with Crippen molar-refractivity contribution in [1.29, 1.82) is 0 Å². The number of likely N-dealkylation sites (N-methyl/N-ethyl adjacent to an activating group) is 7. The number of nitrogens with zero attached hydrogens (tertiary/aromatic N) is 8. The molecule has 0 unspecified atom stereocenters. The molecule has 0 radical (unpaired) electrons. The molecule has 2 aliphatic heterocycles. The molecule has 0 spiro atoms. The number of hydrogen-bond acceptors (Lipinski definition) is 17. The molecule has 2 fully saturated rings. The number of carbonyl (C=O) groups excluding carboxylic acids is 11. The van der Waals surface area contributed by atoms with E-state index in [-0.39, 0.29) is 63.1 Å². The normalized spacial score (nSPS) is 26.6. The molecule has 2 rings (SSSR count).